The van der Waals surface area contributed by atoms with E-state index in [1.165, 1.54) is 0 Å². The molecule has 1 aliphatic heterocycles. The maximum absolute atomic E-state index is 12.4. The molecular formula is C17H25NO3. The molecule has 1 heterocycles. The van der Waals surface area contributed by atoms with Crippen LogP contribution in [0.15, 0.2) is 18.2 Å². The van der Waals surface area contributed by atoms with Gasteiger partial charge in [0.2, 0.25) is 0 Å². The number of hydrogen-bond acceptors (Lipinski definition) is 3. The lowest BCUT2D eigenvalue weighted by Crippen LogP contribution is -2.44. The highest BCUT2D eigenvalue weighted by atomic mass is 16.5. The van der Waals surface area contributed by atoms with Crippen LogP contribution in [0.2, 0.25) is 0 Å². The summed E-state index contributed by atoms with van der Waals surface area (Å²) in [7, 11) is 0. The summed E-state index contributed by atoms with van der Waals surface area (Å²) in [4.78, 5) is 14.2. The Morgan fingerprint density at radius 3 is 2.90 bits per heavy atom. The van der Waals surface area contributed by atoms with Crippen molar-refractivity contribution in [2.24, 2.45) is 0 Å². The molecule has 1 fully saturated rings. The van der Waals surface area contributed by atoms with Crippen LogP contribution in [-0.4, -0.2) is 41.7 Å². The Kier molecular flexibility index (Phi) is 5.62. The van der Waals surface area contributed by atoms with E-state index in [9.17, 15) is 9.90 Å². The van der Waals surface area contributed by atoms with Crippen molar-refractivity contribution in [3.63, 3.8) is 0 Å². The highest BCUT2D eigenvalue weighted by Crippen LogP contribution is 2.20. The zero-order valence-electron chi connectivity index (χ0n) is 13.0. The first-order valence-electron chi connectivity index (χ1n) is 7.72. The van der Waals surface area contributed by atoms with Gasteiger partial charge in [-0.2, -0.15) is 0 Å². The molecular weight excluding hydrogens is 266 g/mol. The zero-order valence-corrected chi connectivity index (χ0v) is 13.0. The van der Waals surface area contributed by atoms with E-state index in [-0.39, 0.29) is 25.2 Å². The fourth-order valence-corrected chi connectivity index (χ4v) is 2.78. The molecule has 1 aromatic carbocycles. The average Bonchev–Trinajstić information content (AvgIpc) is 2.73. The summed E-state index contributed by atoms with van der Waals surface area (Å²) in [5, 5.41) is 9.47. The Labute approximate surface area is 126 Å². The minimum atomic E-state index is -0.0535. The molecule has 4 nitrogen and oxygen atoms in total. The number of carbonyl (C=O) groups excluding carboxylic acids is 1. The smallest absolute Gasteiger partial charge is 0.260 e. The molecule has 1 aliphatic rings. The van der Waals surface area contributed by atoms with Crippen LogP contribution < -0.4 is 4.74 Å². The molecule has 2 rings (SSSR count). The first-order valence-corrected chi connectivity index (χ1v) is 7.72. The number of likely N-dealkylation sites (tertiary alicyclic amines) is 1. The summed E-state index contributed by atoms with van der Waals surface area (Å²) in [5.74, 6) is 0.732. The predicted molar refractivity (Wildman–Crippen MR) is 82.5 cm³/mol. The van der Waals surface area contributed by atoms with Crippen molar-refractivity contribution in [2.45, 2.75) is 45.6 Å². The monoisotopic (exact) mass is 291 g/mol. The third kappa shape index (κ3) is 4.21. The lowest BCUT2D eigenvalue weighted by atomic mass is 10.1. The molecule has 21 heavy (non-hydrogen) atoms. The number of nitrogens with zero attached hydrogens (tertiary/aromatic N) is 1. The van der Waals surface area contributed by atoms with Crippen molar-refractivity contribution >= 4 is 5.91 Å². The third-order valence-electron chi connectivity index (χ3n) is 4.10. The average molecular weight is 291 g/mol. The second-order valence-corrected chi connectivity index (χ2v) is 5.83. The number of ether oxygens (including phenoxy) is 1. The van der Waals surface area contributed by atoms with E-state index in [1.807, 2.05) is 32.0 Å². The van der Waals surface area contributed by atoms with Crippen molar-refractivity contribution in [1.82, 2.24) is 4.90 Å². The second-order valence-electron chi connectivity index (χ2n) is 5.83. The van der Waals surface area contributed by atoms with Crippen LogP contribution in [-0.2, 0) is 4.79 Å². The number of aryl methyl sites for hydroxylation is 2. The standard InChI is InChI=1S/C17H25NO3/c1-13-7-8-14(2)16(10-13)21-12-17(20)18-9-5-3-4-6-15(18)11-19/h7-8,10,15,19H,3-6,9,11-12H2,1-2H3. The van der Waals surface area contributed by atoms with Crippen LogP contribution in [0.25, 0.3) is 0 Å². The number of aliphatic hydroxyl groups excluding tert-OH is 1. The van der Waals surface area contributed by atoms with Gasteiger partial charge in [-0.05, 0) is 43.9 Å². The highest BCUT2D eigenvalue weighted by molar-refractivity contribution is 5.78. The lowest BCUT2D eigenvalue weighted by Gasteiger charge is -2.28. The predicted octanol–water partition coefficient (Wildman–Crippen LogP) is 2.45. The van der Waals surface area contributed by atoms with Crippen LogP contribution in [0.3, 0.4) is 0 Å². The first kappa shape index (κ1) is 15.8. The van der Waals surface area contributed by atoms with Gasteiger partial charge in [0.1, 0.15) is 5.75 Å². The summed E-state index contributed by atoms with van der Waals surface area (Å²) < 4.78 is 5.69. The largest absolute Gasteiger partial charge is 0.483 e. The van der Waals surface area contributed by atoms with Crippen LogP contribution in [0.5, 0.6) is 5.75 Å². The number of aliphatic hydroxyl groups is 1. The fourth-order valence-electron chi connectivity index (χ4n) is 2.78. The molecule has 0 saturated carbocycles. The molecule has 0 bridgehead atoms. The van der Waals surface area contributed by atoms with Crippen molar-refractivity contribution in [3.8, 4) is 5.75 Å². The first-order chi connectivity index (χ1) is 10.1. The molecule has 1 atom stereocenters. The molecule has 1 amide bonds. The van der Waals surface area contributed by atoms with Crippen LogP contribution in [0.4, 0.5) is 0 Å². The summed E-state index contributed by atoms with van der Waals surface area (Å²) in [6.45, 7) is 4.78. The van der Waals surface area contributed by atoms with Gasteiger partial charge in [-0.15, -0.1) is 0 Å². The molecule has 116 valence electrons. The van der Waals surface area contributed by atoms with Gasteiger partial charge in [0.15, 0.2) is 6.61 Å². The van der Waals surface area contributed by atoms with Crippen molar-refractivity contribution in [2.75, 3.05) is 19.8 Å². The molecule has 4 heteroatoms. The van der Waals surface area contributed by atoms with E-state index >= 15 is 0 Å². The van der Waals surface area contributed by atoms with E-state index < -0.39 is 0 Å². The van der Waals surface area contributed by atoms with Crippen LogP contribution >= 0.6 is 0 Å². The molecule has 1 N–H and O–H groups in total. The molecule has 0 aromatic heterocycles. The number of rotatable bonds is 4. The van der Waals surface area contributed by atoms with Gasteiger partial charge in [0.05, 0.1) is 12.6 Å². The number of hydrogen-bond donors (Lipinski definition) is 1. The van der Waals surface area contributed by atoms with E-state index in [4.69, 9.17) is 4.74 Å². The minimum Gasteiger partial charge on any atom is -0.483 e. The summed E-state index contributed by atoms with van der Waals surface area (Å²) in [6.07, 6.45) is 4.09. The number of amides is 1. The quantitative estimate of drug-likeness (QED) is 0.927. The Bertz CT molecular complexity index is 487. The normalized spacial score (nSPS) is 19.2. The Morgan fingerprint density at radius 1 is 1.33 bits per heavy atom. The van der Waals surface area contributed by atoms with Gasteiger partial charge < -0.3 is 14.7 Å². The number of carbonyl (C=O) groups is 1. The molecule has 1 unspecified atom stereocenters. The fraction of sp³-hybridized carbons (Fsp3) is 0.588. The molecule has 0 spiro atoms. The molecule has 0 radical (unpaired) electrons. The summed E-state index contributed by atoms with van der Waals surface area (Å²) >= 11 is 0. The van der Waals surface area contributed by atoms with Gasteiger partial charge in [0.25, 0.3) is 5.91 Å². The van der Waals surface area contributed by atoms with Crippen LogP contribution in [0.1, 0.15) is 36.8 Å². The molecule has 1 aromatic rings. The Hall–Kier alpha value is -1.55. The van der Waals surface area contributed by atoms with Crippen molar-refractivity contribution in [1.29, 1.82) is 0 Å². The summed E-state index contributed by atoms with van der Waals surface area (Å²) in [6, 6.07) is 5.93. The summed E-state index contributed by atoms with van der Waals surface area (Å²) in [5.41, 5.74) is 2.15. The topological polar surface area (TPSA) is 49.8 Å². The van der Waals surface area contributed by atoms with Gasteiger partial charge in [-0.25, -0.2) is 0 Å². The maximum atomic E-state index is 12.4. The van der Waals surface area contributed by atoms with E-state index in [2.05, 4.69) is 0 Å². The lowest BCUT2D eigenvalue weighted by molar-refractivity contribution is -0.136. The minimum absolute atomic E-state index is 0.0307. The van der Waals surface area contributed by atoms with E-state index in [0.29, 0.717) is 0 Å². The maximum Gasteiger partial charge on any atom is 0.260 e. The third-order valence-corrected chi connectivity index (χ3v) is 4.10. The van der Waals surface area contributed by atoms with Crippen LogP contribution in [0, 0.1) is 13.8 Å². The van der Waals surface area contributed by atoms with E-state index in [0.717, 1.165) is 49.1 Å². The van der Waals surface area contributed by atoms with Gasteiger partial charge in [-0.3, -0.25) is 4.79 Å². The SMILES string of the molecule is Cc1ccc(C)c(OCC(=O)N2CCCCCC2CO)c1. The Balaban J connectivity index is 1.98. The zero-order chi connectivity index (χ0) is 15.2. The van der Waals surface area contributed by atoms with Gasteiger partial charge in [-0.1, -0.05) is 25.0 Å². The van der Waals surface area contributed by atoms with E-state index in [1.54, 1.807) is 4.90 Å². The number of benzene rings is 1. The van der Waals surface area contributed by atoms with Gasteiger partial charge >= 0.3 is 0 Å². The molecule has 0 aliphatic carbocycles. The van der Waals surface area contributed by atoms with Crippen molar-refractivity contribution in [3.05, 3.63) is 29.3 Å². The highest BCUT2D eigenvalue weighted by Gasteiger charge is 2.25. The van der Waals surface area contributed by atoms with Crippen molar-refractivity contribution < 1.29 is 14.6 Å². The Morgan fingerprint density at radius 2 is 2.14 bits per heavy atom. The van der Waals surface area contributed by atoms with Gasteiger partial charge in [0, 0.05) is 6.54 Å². The molecule has 1 saturated heterocycles. The second kappa shape index (κ2) is 7.46.